The van der Waals surface area contributed by atoms with Crippen molar-refractivity contribution in [3.63, 3.8) is 0 Å². The summed E-state index contributed by atoms with van der Waals surface area (Å²) < 4.78 is 6.27. The Bertz CT molecular complexity index is 459. The fourth-order valence-electron chi connectivity index (χ4n) is 1.60. The molecular formula is C10H8BrNO. The fourth-order valence-corrected chi connectivity index (χ4v) is 2.04. The summed E-state index contributed by atoms with van der Waals surface area (Å²) in [7, 11) is 0. The first-order valence-electron chi connectivity index (χ1n) is 4.40. The number of nitrogens with zero attached hydrogens (tertiary/aromatic N) is 1. The summed E-state index contributed by atoms with van der Waals surface area (Å²) in [6.07, 6.45) is 2.52. The summed E-state index contributed by atoms with van der Waals surface area (Å²) in [5.41, 5.74) is 2.01. The van der Waals surface area contributed by atoms with Gasteiger partial charge in [-0.25, -0.2) is 0 Å². The lowest BCUT2D eigenvalue weighted by molar-refractivity contribution is 0.445. The Labute approximate surface area is 84.0 Å². The van der Waals surface area contributed by atoms with Crippen LogP contribution in [0.2, 0.25) is 0 Å². The first kappa shape index (κ1) is 7.56. The zero-order chi connectivity index (χ0) is 8.84. The van der Waals surface area contributed by atoms with E-state index >= 15 is 0 Å². The maximum Gasteiger partial charge on any atom is 0.181 e. The van der Waals surface area contributed by atoms with Crippen molar-refractivity contribution in [3.8, 4) is 0 Å². The van der Waals surface area contributed by atoms with Crippen LogP contribution in [-0.2, 0) is 0 Å². The summed E-state index contributed by atoms with van der Waals surface area (Å²) in [5, 5.41) is 5.28. The lowest BCUT2D eigenvalue weighted by Gasteiger charge is -1.91. The first-order chi connectivity index (χ1) is 6.36. The predicted octanol–water partition coefficient (Wildman–Crippen LogP) is 3.47. The minimum absolute atomic E-state index is 0.649. The van der Waals surface area contributed by atoms with Gasteiger partial charge in [0, 0.05) is 11.3 Å². The Morgan fingerprint density at radius 1 is 1.38 bits per heavy atom. The smallest absolute Gasteiger partial charge is 0.181 e. The molecule has 0 atom stereocenters. The maximum atomic E-state index is 5.28. The van der Waals surface area contributed by atoms with Crippen LogP contribution in [0.3, 0.4) is 0 Å². The molecule has 0 N–H and O–H groups in total. The van der Waals surface area contributed by atoms with Crippen molar-refractivity contribution in [2.75, 3.05) is 0 Å². The number of aromatic nitrogens is 1. The van der Waals surface area contributed by atoms with E-state index in [-0.39, 0.29) is 0 Å². The van der Waals surface area contributed by atoms with Gasteiger partial charge in [-0.05, 0) is 40.9 Å². The summed E-state index contributed by atoms with van der Waals surface area (Å²) in [6.45, 7) is 0. The van der Waals surface area contributed by atoms with Gasteiger partial charge in [0.2, 0.25) is 0 Å². The van der Waals surface area contributed by atoms with Crippen molar-refractivity contribution in [1.29, 1.82) is 0 Å². The number of benzene rings is 1. The second-order valence-electron chi connectivity index (χ2n) is 3.46. The van der Waals surface area contributed by atoms with E-state index in [1.54, 1.807) is 0 Å². The van der Waals surface area contributed by atoms with Gasteiger partial charge < -0.3 is 4.52 Å². The van der Waals surface area contributed by atoms with Crippen LogP contribution in [0.4, 0.5) is 0 Å². The van der Waals surface area contributed by atoms with Crippen molar-refractivity contribution in [3.05, 3.63) is 28.4 Å². The highest BCUT2D eigenvalue weighted by Gasteiger charge is 2.29. The molecule has 1 fully saturated rings. The minimum atomic E-state index is 0.649. The van der Waals surface area contributed by atoms with Crippen molar-refractivity contribution < 1.29 is 4.52 Å². The average Bonchev–Trinajstić information content (AvgIpc) is 2.87. The van der Waals surface area contributed by atoms with Crippen LogP contribution in [0.5, 0.6) is 0 Å². The SMILES string of the molecule is Brc1cccc2c(C3CC3)noc12. The first-order valence-corrected chi connectivity index (χ1v) is 5.19. The van der Waals surface area contributed by atoms with Gasteiger partial charge >= 0.3 is 0 Å². The van der Waals surface area contributed by atoms with E-state index in [0.29, 0.717) is 5.92 Å². The molecule has 0 spiro atoms. The number of hydrogen-bond donors (Lipinski definition) is 0. The molecule has 1 aromatic carbocycles. The molecule has 3 rings (SSSR count). The second kappa shape index (κ2) is 2.58. The maximum absolute atomic E-state index is 5.28. The van der Waals surface area contributed by atoms with Crippen LogP contribution in [-0.4, -0.2) is 5.16 Å². The lowest BCUT2D eigenvalue weighted by Crippen LogP contribution is -1.77. The van der Waals surface area contributed by atoms with E-state index in [0.717, 1.165) is 21.1 Å². The highest BCUT2D eigenvalue weighted by molar-refractivity contribution is 9.10. The van der Waals surface area contributed by atoms with Crippen molar-refractivity contribution >= 4 is 26.9 Å². The van der Waals surface area contributed by atoms with Crippen LogP contribution < -0.4 is 0 Å². The van der Waals surface area contributed by atoms with Crippen molar-refractivity contribution in [2.24, 2.45) is 0 Å². The summed E-state index contributed by atoms with van der Waals surface area (Å²) in [6, 6.07) is 6.07. The Morgan fingerprint density at radius 3 is 3.00 bits per heavy atom. The van der Waals surface area contributed by atoms with Crippen molar-refractivity contribution in [2.45, 2.75) is 18.8 Å². The summed E-state index contributed by atoms with van der Waals surface area (Å²) in [5.74, 6) is 0.649. The molecule has 0 saturated heterocycles. The van der Waals surface area contributed by atoms with Gasteiger partial charge in [0.25, 0.3) is 0 Å². The van der Waals surface area contributed by atoms with E-state index in [4.69, 9.17) is 4.52 Å². The number of para-hydroxylation sites is 1. The molecule has 2 aromatic rings. The molecule has 1 aliphatic rings. The van der Waals surface area contributed by atoms with Gasteiger partial charge in [-0.15, -0.1) is 0 Å². The van der Waals surface area contributed by atoms with Crippen LogP contribution in [0.25, 0.3) is 11.0 Å². The molecule has 1 aliphatic carbocycles. The molecule has 0 amide bonds. The monoisotopic (exact) mass is 237 g/mol. The van der Waals surface area contributed by atoms with Gasteiger partial charge in [-0.1, -0.05) is 11.2 Å². The third kappa shape index (κ3) is 1.10. The zero-order valence-electron chi connectivity index (χ0n) is 6.96. The van der Waals surface area contributed by atoms with E-state index in [2.05, 4.69) is 27.2 Å². The zero-order valence-corrected chi connectivity index (χ0v) is 8.54. The van der Waals surface area contributed by atoms with Crippen LogP contribution in [0.15, 0.2) is 27.2 Å². The Kier molecular flexibility index (Phi) is 1.50. The van der Waals surface area contributed by atoms with Gasteiger partial charge in [-0.3, -0.25) is 0 Å². The standard InChI is InChI=1S/C10H8BrNO/c11-8-3-1-2-7-9(6-4-5-6)12-13-10(7)8/h1-3,6H,4-5H2. The van der Waals surface area contributed by atoms with Gasteiger partial charge in [-0.2, -0.15) is 0 Å². The number of fused-ring (bicyclic) bond motifs is 1. The molecule has 0 radical (unpaired) electrons. The van der Waals surface area contributed by atoms with Crippen LogP contribution >= 0.6 is 15.9 Å². The van der Waals surface area contributed by atoms with E-state index in [1.165, 1.54) is 12.8 Å². The van der Waals surface area contributed by atoms with E-state index in [9.17, 15) is 0 Å². The van der Waals surface area contributed by atoms with Gasteiger partial charge in [0.1, 0.15) is 0 Å². The van der Waals surface area contributed by atoms with E-state index < -0.39 is 0 Å². The highest BCUT2D eigenvalue weighted by Crippen LogP contribution is 2.43. The topological polar surface area (TPSA) is 26.0 Å². The molecular weight excluding hydrogens is 230 g/mol. The highest BCUT2D eigenvalue weighted by atomic mass is 79.9. The lowest BCUT2D eigenvalue weighted by atomic mass is 10.1. The number of halogens is 1. The molecule has 0 aliphatic heterocycles. The van der Waals surface area contributed by atoms with Crippen molar-refractivity contribution in [1.82, 2.24) is 5.16 Å². The Hall–Kier alpha value is -0.830. The fraction of sp³-hybridized carbons (Fsp3) is 0.300. The molecule has 13 heavy (non-hydrogen) atoms. The van der Waals surface area contributed by atoms with Gasteiger partial charge in [0.15, 0.2) is 5.58 Å². The molecule has 0 bridgehead atoms. The molecule has 3 heteroatoms. The van der Waals surface area contributed by atoms with Crippen LogP contribution in [0.1, 0.15) is 24.5 Å². The second-order valence-corrected chi connectivity index (χ2v) is 4.31. The quantitative estimate of drug-likeness (QED) is 0.760. The molecule has 0 unspecified atom stereocenters. The minimum Gasteiger partial charge on any atom is -0.355 e. The largest absolute Gasteiger partial charge is 0.355 e. The third-order valence-corrected chi connectivity index (χ3v) is 3.07. The van der Waals surface area contributed by atoms with Crippen LogP contribution in [0, 0.1) is 0 Å². The van der Waals surface area contributed by atoms with Gasteiger partial charge in [0.05, 0.1) is 10.2 Å². The third-order valence-electron chi connectivity index (χ3n) is 2.44. The normalized spacial score (nSPS) is 16.7. The predicted molar refractivity (Wildman–Crippen MR) is 53.7 cm³/mol. The Morgan fingerprint density at radius 2 is 2.23 bits per heavy atom. The molecule has 1 saturated carbocycles. The number of rotatable bonds is 1. The average molecular weight is 238 g/mol. The summed E-state index contributed by atoms with van der Waals surface area (Å²) in [4.78, 5) is 0. The molecule has 1 heterocycles. The Balaban J connectivity index is 2.32. The molecule has 1 aromatic heterocycles. The molecule has 66 valence electrons. The summed E-state index contributed by atoms with van der Waals surface area (Å²) >= 11 is 3.45. The number of hydrogen-bond acceptors (Lipinski definition) is 2. The van der Waals surface area contributed by atoms with E-state index in [1.807, 2.05) is 12.1 Å². The molecule has 2 nitrogen and oxygen atoms in total.